The Balaban J connectivity index is 1.23. The van der Waals surface area contributed by atoms with E-state index in [2.05, 4.69) is 26.6 Å². The zero-order valence-corrected chi connectivity index (χ0v) is 33.8. The van der Waals surface area contributed by atoms with Crippen molar-refractivity contribution in [2.24, 2.45) is 0 Å². The minimum Gasteiger partial charge on any atom is -0.488 e. The molecule has 0 fully saturated rings. The Morgan fingerprint density at radius 1 is 0.618 bits per heavy atom. The number of aliphatic hydroxyl groups excluding tert-OH is 1. The van der Waals surface area contributed by atoms with Crippen molar-refractivity contribution in [3.63, 3.8) is 0 Å². The molecule has 6 N–H and O–H groups in total. The molecule has 0 spiro atoms. The minimum atomic E-state index is -0.668. The molecule has 55 heavy (non-hydrogen) atoms. The van der Waals surface area contributed by atoms with E-state index in [1.165, 1.54) is 18.7 Å². The number of carbonyl (C=O) groups is 3. The lowest BCUT2D eigenvalue weighted by molar-refractivity contribution is -0.143. The molecular weight excluding hydrogens is 834 g/mol. The van der Waals surface area contributed by atoms with Gasteiger partial charge < -0.3 is 50.8 Å². The number of nitrogens with one attached hydrogen (secondary N) is 5. The molecule has 290 valence electrons. The number of anilines is 6. The van der Waals surface area contributed by atoms with Crippen LogP contribution in [0, 0.1) is 0 Å². The maximum atomic E-state index is 12.7. The van der Waals surface area contributed by atoms with Crippen LogP contribution in [0.3, 0.4) is 0 Å². The number of hydrogen-bond acceptors (Lipinski definition) is 9. The fourth-order valence-corrected chi connectivity index (χ4v) is 6.36. The lowest BCUT2D eigenvalue weighted by Gasteiger charge is -2.21. The SMILES string of the molecule is CC(=O)Nc1ccc(NC(=S)Nc2cc(Cl)c(OCCOC(=O)CN(C(C)=O)c3ccc(NC(=S)Nc4cc(Cl)c(OCCO)c(Cl)c4)cc3)c(Cl)c2)cc1. The Labute approximate surface area is 347 Å². The van der Waals surface area contributed by atoms with Gasteiger partial charge in [-0.15, -0.1) is 0 Å². The number of hydrogen-bond donors (Lipinski definition) is 6. The van der Waals surface area contributed by atoms with E-state index >= 15 is 0 Å². The molecule has 13 nitrogen and oxygen atoms in total. The van der Waals surface area contributed by atoms with Gasteiger partial charge in [-0.05, 0) is 97.2 Å². The standard InChI is InChI=1S/C36H34Cl4N6O7S2/c1-20(48)41-22-3-5-23(6-4-22)42-35(54)44-26-17-30(39)34(31(40)18-26)53-14-13-51-32(50)19-46(21(2)49)27-9-7-24(8-10-27)43-36(55)45-25-15-28(37)33(29(38)16-25)52-12-11-47/h3-10,15-18,47H,11-14,19H2,1-2H3,(H,41,48)(H2,42,44,54)(H2,43,45,55). The highest BCUT2D eigenvalue weighted by molar-refractivity contribution is 7.81. The molecule has 0 unspecified atom stereocenters. The molecule has 0 aliphatic carbocycles. The van der Waals surface area contributed by atoms with E-state index in [1.54, 1.807) is 72.8 Å². The second kappa shape index (κ2) is 20.9. The maximum Gasteiger partial charge on any atom is 0.326 e. The molecule has 0 aromatic heterocycles. The van der Waals surface area contributed by atoms with Crippen LogP contribution in [0.1, 0.15) is 13.8 Å². The summed E-state index contributed by atoms with van der Waals surface area (Å²) in [7, 11) is 0. The highest BCUT2D eigenvalue weighted by atomic mass is 35.5. The van der Waals surface area contributed by atoms with E-state index in [0.29, 0.717) is 34.1 Å². The van der Waals surface area contributed by atoms with Crippen LogP contribution in [-0.4, -0.2) is 66.1 Å². The number of esters is 1. The predicted octanol–water partition coefficient (Wildman–Crippen LogP) is 8.22. The van der Waals surface area contributed by atoms with Gasteiger partial charge >= 0.3 is 5.97 Å². The summed E-state index contributed by atoms with van der Waals surface area (Å²) >= 11 is 36.1. The molecule has 0 saturated carbocycles. The first-order chi connectivity index (χ1) is 26.2. The maximum absolute atomic E-state index is 12.7. The molecule has 0 bridgehead atoms. The number of ether oxygens (including phenoxy) is 3. The summed E-state index contributed by atoms with van der Waals surface area (Å²) < 4.78 is 16.3. The summed E-state index contributed by atoms with van der Waals surface area (Å²) in [5.41, 5.74) is 3.38. The minimum absolute atomic E-state index is 0.0405. The number of aliphatic hydroxyl groups is 1. The number of nitrogens with zero attached hydrogens (tertiary/aromatic N) is 1. The van der Waals surface area contributed by atoms with Gasteiger partial charge in [0.15, 0.2) is 21.7 Å². The van der Waals surface area contributed by atoms with Crippen molar-refractivity contribution in [3.05, 3.63) is 92.9 Å². The average molecular weight is 869 g/mol. The summed E-state index contributed by atoms with van der Waals surface area (Å²) in [6.07, 6.45) is 0. The van der Waals surface area contributed by atoms with Crippen molar-refractivity contribution in [1.82, 2.24) is 0 Å². The fourth-order valence-electron chi connectivity index (χ4n) is 4.70. The molecule has 0 aliphatic rings. The number of halogens is 4. The van der Waals surface area contributed by atoms with Gasteiger partial charge in [-0.1, -0.05) is 46.4 Å². The molecule has 0 atom stereocenters. The first kappa shape index (κ1) is 43.1. The number of benzene rings is 4. The summed E-state index contributed by atoms with van der Waals surface area (Å²) in [5.74, 6) is -0.794. The van der Waals surface area contributed by atoms with Gasteiger partial charge in [-0.3, -0.25) is 14.4 Å². The molecule has 0 saturated heterocycles. The van der Waals surface area contributed by atoms with Crippen LogP contribution < -0.4 is 41.0 Å². The smallest absolute Gasteiger partial charge is 0.326 e. The van der Waals surface area contributed by atoms with Crippen LogP contribution in [0.5, 0.6) is 11.5 Å². The largest absolute Gasteiger partial charge is 0.488 e. The number of amides is 2. The Kier molecular flexibility index (Phi) is 16.4. The lowest BCUT2D eigenvalue weighted by atomic mass is 10.2. The Hall–Kier alpha value is -4.61. The van der Waals surface area contributed by atoms with E-state index < -0.39 is 5.97 Å². The third kappa shape index (κ3) is 13.6. The third-order valence-electron chi connectivity index (χ3n) is 7.01. The van der Waals surface area contributed by atoms with Crippen LogP contribution in [-0.2, 0) is 19.1 Å². The molecule has 4 aromatic carbocycles. The number of rotatable bonds is 15. The summed E-state index contributed by atoms with van der Waals surface area (Å²) in [4.78, 5) is 37.6. The summed E-state index contributed by atoms with van der Waals surface area (Å²) in [5, 5.41) is 25.0. The Morgan fingerprint density at radius 2 is 1.02 bits per heavy atom. The summed E-state index contributed by atoms with van der Waals surface area (Å²) in [6.45, 7) is 2.04. The molecule has 19 heteroatoms. The van der Waals surface area contributed by atoms with Crippen LogP contribution in [0.2, 0.25) is 20.1 Å². The number of carbonyl (C=O) groups excluding carboxylic acids is 3. The second-order valence-corrected chi connectivity index (χ2v) is 13.7. The molecule has 0 heterocycles. The molecule has 4 rings (SSSR count). The normalized spacial score (nSPS) is 10.5. The van der Waals surface area contributed by atoms with E-state index in [4.69, 9.17) is 90.2 Å². The van der Waals surface area contributed by atoms with Gasteiger partial charge in [0.1, 0.15) is 26.4 Å². The first-order valence-electron chi connectivity index (χ1n) is 16.1. The van der Waals surface area contributed by atoms with E-state index in [0.717, 1.165) is 0 Å². The summed E-state index contributed by atoms with van der Waals surface area (Å²) in [6, 6.07) is 19.9. The van der Waals surface area contributed by atoms with Crippen LogP contribution in [0.15, 0.2) is 72.8 Å². The average Bonchev–Trinajstić information content (AvgIpc) is 3.10. The van der Waals surface area contributed by atoms with Crippen molar-refractivity contribution in [3.8, 4) is 11.5 Å². The number of thiocarbonyl (C=S) groups is 2. The molecule has 0 aliphatic heterocycles. The Morgan fingerprint density at radius 3 is 1.44 bits per heavy atom. The van der Waals surface area contributed by atoms with E-state index in [1.807, 2.05) is 0 Å². The van der Waals surface area contributed by atoms with Crippen LogP contribution in [0.25, 0.3) is 0 Å². The quantitative estimate of drug-likeness (QED) is 0.0386. The van der Waals surface area contributed by atoms with Crippen molar-refractivity contribution >= 4 is 133 Å². The zero-order valence-electron chi connectivity index (χ0n) is 29.1. The van der Waals surface area contributed by atoms with Gasteiger partial charge in [0.05, 0.1) is 26.7 Å². The first-order valence-corrected chi connectivity index (χ1v) is 18.5. The zero-order chi connectivity index (χ0) is 40.1. The van der Waals surface area contributed by atoms with Crippen LogP contribution >= 0.6 is 70.8 Å². The van der Waals surface area contributed by atoms with Crippen molar-refractivity contribution in [1.29, 1.82) is 0 Å². The lowest BCUT2D eigenvalue weighted by Crippen LogP contribution is -2.35. The van der Waals surface area contributed by atoms with Gasteiger partial charge in [-0.2, -0.15) is 0 Å². The van der Waals surface area contributed by atoms with Gasteiger partial charge in [0.2, 0.25) is 11.8 Å². The van der Waals surface area contributed by atoms with Gasteiger partial charge in [0, 0.05) is 48.0 Å². The highest BCUT2D eigenvalue weighted by Crippen LogP contribution is 2.37. The fraction of sp³-hybridized carbons (Fsp3) is 0.194. The Bertz CT molecular complexity index is 2000. The third-order valence-corrected chi connectivity index (χ3v) is 8.54. The molecule has 0 radical (unpaired) electrons. The van der Waals surface area contributed by atoms with E-state index in [9.17, 15) is 14.4 Å². The van der Waals surface area contributed by atoms with Gasteiger partial charge in [-0.25, -0.2) is 0 Å². The molecule has 2 amide bonds. The van der Waals surface area contributed by atoms with Crippen molar-refractivity contribution in [2.75, 3.05) is 64.5 Å². The van der Waals surface area contributed by atoms with Crippen LogP contribution in [0.4, 0.5) is 34.1 Å². The van der Waals surface area contributed by atoms with Gasteiger partial charge in [0.25, 0.3) is 0 Å². The topological polar surface area (TPSA) is 163 Å². The van der Waals surface area contributed by atoms with Crippen molar-refractivity contribution in [2.45, 2.75) is 13.8 Å². The molecular formula is C36H34Cl4N6O7S2. The second-order valence-electron chi connectivity index (χ2n) is 11.2. The predicted molar refractivity (Wildman–Crippen MR) is 227 cm³/mol. The van der Waals surface area contributed by atoms with E-state index in [-0.39, 0.29) is 86.6 Å². The molecule has 4 aromatic rings. The highest BCUT2D eigenvalue weighted by Gasteiger charge is 2.18. The van der Waals surface area contributed by atoms with Crippen molar-refractivity contribution < 1.29 is 33.7 Å². The monoisotopic (exact) mass is 866 g/mol.